The van der Waals surface area contributed by atoms with Crippen LogP contribution in [0.5, 0.6) is 0 Å². The molecule has 2 N–H and O–H groups in total. The standard InChI is InChI=1S/C30H32FN9O3/c1-18-26(21-14-23-19(2)36-38(3)29(23)33-16-21)37-40(22-8-6-5-7-9-22)28(18)35-30(41)34-24-17-39(12-13-42-4)43-27(24)20-10-11-32-25(31)15-20/h5-11,14-16,24,27H,12-13,17H2,1-4H3,(H2,34,35,41)/t24-,27+/m1/s1. The van der Waals surface area contributed by atoms with Crippen molar-refractivity contribution < 1.29 is 18.8 Å². The van der Waals surface area contributed by atoms with Gasteiger partial charge in [0, 0.05) is 56.2 Å². The Balaban J connectivity index is 1.31. The molecule has 0 unspecified atom stereocenters. The number of halogens is 1. The number of urea groups is 1. The van der Waals surface area contributed by atoms with E-state index in [9.17, 15) is 9.18 Å². The molecule has 13 heteroatoms. The van der Waals surface area contributed by atoms with Crippen molar-refractivity contribution in [1.82, 2.24) is 39.9 Å². The van der Waals surface area contributed by atoms with Gasteiger partial charge in [-0.3, -0.25) is 14.8 Å². The minimum absolute atomic E-state index is 0.379. The summed E-state index contributed by atoms with van der Waals surface area (Å²) in [7, 11) is 3.47. The number of carbonyl (C=O) groups excluding carboxylic acids is 1. The number of para-hydroxylation sites is 1. The molecule has 1 fully saturated rings. The van der Waals surface area contributed by atoms with Gasteiger partial charge in [-0.1, -0.05) is 18.2 Å². The average molecular weight is 586 g/mol. The van der Waals surface area contributed by atoms with Crippen molar-refractivity contribution in [3.63, 3.8) is 0 Å². The molecule has 43 heavy (non-hydrogen) atoms. The molecule has 5 heterocycles. The number of anilines is 1. The third kappa shape index (κ3) is 5.69. The molecule has 0 spiro atoms. The quantitative estimate of drug-likeness (QED) is 0.261. The molecule has 0 radical (unpaired) electrons. The number of aryl methyl sites for hydroxylation is 2. The Morgan fingerprint density at radius 3 is 2.72 bits per heavy atom. The van der Waals surface area contributed by atoms with E-state index < -0.39 is 24.1 Å². The van der Waals surface area contributed by atoms with E-state index in [0.717, 1.165) is 33.5 Å². The number of amides is 2. The number of ether oxygens (including phenoxy) is 1. The lowest BCUT2D eigenvalue weighted by molar-refractivity contribution is -0.154. The van der Waals surface area contributed by atoms with Crippen molar-refractivity contribution in [2.75, 3.05) is 32.1 Å². The number of benzene rings is 1. The van der Waals surface area contributed by atoms with Crippen molar-refractivity contribution in [2.45, 2.75) is 26.0 Å². The molecule has 5 aromatic rings. The Hall–Kier alpha value is -4.72. The van der Waals surface area contributed by atoms with Gasteiger partial charge in [-0.2, -0.15) is 19.7 Å². The third-order valence-corrected chi connectivity index (χ3v) is 7.46. The summed E-state index contributed by atoms with van der Waals surface area (Å²) in [5, 5.41) is 18.1. The summed E-state index contributed by atoms with van der Waals surface area (Å²) in [6, 6.07) is 13.6. The van der Waals surface area contributed by atoms with Crippen LogP contribution in [0.25, 0.3) is 28.0 Å². The number of aromatic nitrogens is 6. The minimum Gasteiger partial charge on any atom is -0.383 e. The lowest BCUT2D eigenvalue weighted by Gasteiger charge is -2.19. The largest absolute Gasteiger partial charge is 0.383 e. The molecule has 0 aliphatic carbocycles. The highest BCUT2D eigenvalue weighted by Crippen LogP contribution is 2.33. The Morgan fingerprint density at radius 2 is 1.95 bits per heavy atom. The predicted molar refractivity (Wildman–Crippen MR) is 158 cm³/mol. The second-order valence-corrected chi connectivity index (χ2v) is 10.4. The molecule has 1 aromatic carbocycles. The zero-order chi connectivity index (χ0) is 30.1. The third-order valence-electron chi connectivity index (χ3n) is 7.46. The zero-order valence-corrected chi connectivity index (χ0v) is 24.3. The van der Waals surface area contributed by atoms with Gasteiger partial charge in [0.1, 0.15) is 11.9 Å². The van der Waals surface area contributed by atoms with Gasteiger partial charge in [0.2, 0.25) is 5.95 Å². The van der Waals surface area contributed by atoms with E-state index in [0.29, 0.717) is 36.8 Å². The van der Waals surface area contributed by atoms with E-state index in [1.54, 1.807) is 33.8 Å². The molecule has 1 aliphatic heterocycles. The molecular formula is C30H32FN9O3. The van der Waals surface area contributed by atoms with Crippen molar-refractivity contribution in [3.8, 4) is 16.9 Å². The van der Waals surface area contributed by atoms with Gasteiger partial charge in [-0.05, 0) is 49.7 Å². The maximum atomic E-state index is 14.0. The Kier molecular flexibility index (Phi) is 7.84. The first-order valence-electron chi connectivity index (χ1n) is 13.9. The van der Waals surface area contributed by atoms with Crippen LogP contribution < -0.4 is 10.6 Å². The van der Waals surface area contributed by atoms with Gasteiger partial charge >= 0.3 is 6.03 Å². The number of fused-ring (bicyclic) bond motifs is 1. The van der Waals surface area contributed by atoms with Crippen LogP contribution in [0.15, 0.2) is 60.9 Å². The molecule has 12 nitrogen and oxygen atoms in total. The molecule has 1 aliphatic rings. The number of methoxy groups -OCH3 is 1. The van der Waals surface area contributed by atoms with Crippen molar-refractivity contribution in [3.05, 3.63) is 83.7 Å². The number of rotatable bonds is 8. The second-order valence-electron chi connectivity index (χ2n) is 10.4. The number of pyridine rings is 2. The van der Waals surface area contributed by atoms with Crippen LogP contribution in [-0.2, 0) is 16.6 Å². The van der Waals surface area contributed by atoms with Crippen LogP contribution in [0.3, 0.4) is 0 Å². The number of nitrogens with zero attached hydrogens (tertiary/aromatic N) is 7. The van der Waals surface area contributed by atoms with Crippen LogP contribution in [0.2, 0.25) is 0 Å². The highest BCUT2D eigenvalue weighted by molar-refractivity contribution is 5.92. The molecule has 1 saturated heterocycles. The number of hydroxylamine groups is 2. The molecule has 0 saturated carbocycles. The van der Waals surface area contributed by atoms with Gasteiger partial charge in [0.15, 0.2) is 5.65 Å². The van der Waals surface area contributed by atoms with Crippen LogP contribution >= 0.6 is 0 Å². The summed E-state index contributed by atoms with van der Waals surface area (Å²) in [6.07, 6.45) is 2.53. The zero-order valence-electron chi connectivity index (χ0n) is 24.3. The predicted octanol–water partition coefficient (Wildman–Crippen LogP) is 4.10. The van der Waals surface area contributed by atoms with Crippen LogP contribution in [0.1, 0.15) is 22.9 Å². The van der Waals surface area contributed by atoms with Gasteiger partial charge in [-0.15, -0.1) is 0 Å². The molecule has 222 valence electrons. The smallest absolute Gasteiger partial charge is 0.320 e. The lowest BCUT2D eigenvalue weighted by Crippen LogP contribution is -2.42. The first kappa shape index (κ1) is 28.4. The summed E-state index contributed by atoms with van der Waals surface area (Å²) in [6.45, 7) is 5.15. The molecule has 6 rings (SSSR count). The van der Waals surface area contributed by atoms with E-state index in [1.807, 2.05) is 57.3 Å². The van der Waals surface area contributed by atoms with Crippen LogP contribution in [-0.4, -0.2) is 73.5 Å². The van der Waals surface area contributed by atoms with Gasteiger partial charge in [0.05, 0.1) is 29.7 Å². The summed E-state index contributed by atoms with van der Waals surface area (Å²) in [4.78, 5) is 27.9. The first-order chi connectivity index (χ1) is 20.8. The highest BCUT2D eigenvalue weighted by Gasteiger charge is 2.37. The fourth-order valence-corrected chi connectivity index (χ4v) is 5.36. The lowest BCUT2D eigenvalue weighted by atomic mass is 10.0. The molecule has 2 atom stereocenters. The van der Waals surface area contributed by atoms with Crippen molar-refractivity contribution >= 4 is 22.9 Å². The van der Waals surface area contributed by atoms with Crippen molar-refractivity contribution in [1.29, 1.82) is 0 Å². The summed E-state index contributed by atoms with van der Waals surface area (Å²) >= 11 is 0. The molecule has 2 amide bonds. The van der Waals surface area contributed by atoms with Gasteiger partial charge < -0.3 is 10.1 Å². The van der Waals surface area contributed by atoms with E-state index >= 15 is 0 Å². The second kappa shape index (κ2) is 11.9. The van der Waals surface area contributed by atoms with Gasteiger partial charge in [-0.25, -0.2) is 19.4 Å². The van der Waals surface area contributed by atoms with Gasteiger partial charge in [0.25, 0.3) is 0 Å². The molecular weight excluding hydrogens is 553 g/mol. The maximum Gasteiger partial charge on any atom is 0.320 e. The average Bonchev–Trinajstić information content (AvgIpc) is 3.65. The van der Waals surface area contributed by atoms with Crippen LogP contribution in [0.4, 0.5) is 15.0 Å². The molecule has 0 bridgehead atoms. The summed E-state index contributed by atoms with van der Waals surface area (Å²) < 4.78 is 22.6. The number of carbonyl (C=O) groups is 1. The summed E-state index contributed by atoms with van der Waals surface area (Å²) in [5.74, 6) is -0.118. The number of hydrogen-bond donors (Lipinski definition) is 2. The normalized spacial score (nSPS) is 17.0. The fourth-order valence-electron chi connectivity index (χ4n) is 5.36. The highest BCUT2D eigenvalue weighted by atomic mass is 19.1. The van der Waals surface area contributed by atoms with E-state index in [4.69, 9.17) is 14.7 Å². The molecule has 4 aromatic heterocycles. The Morgan fingerprint density at radius 1 is 1.14 bits per heavy atom. The van der Waals surface area contributed by atoms with E-state index in [2.05, 4.69) is 25.7 Å². The fraction of sp³-hybridized carbons (Fsp3) is 0.300. The maximum absolute atomic E-state index is 14.0. The number of nitrogens with one attached hydrogen (secondary N) is 2. The summed E-state index contributed by atoms with van der Waals surface area (Å²) in [5.41, 5.74) is 5.23. The Labute approximate surface area is 247 Å². The van der Waals surface area contributed by atoms with Crippen LogP contribution in [0, 0.1) is 19.8 Å². The Bertz CT molecular complexity index is 1770. The SMILES string of the molecule is COCCN1C[C@@H](NC(=O)Nc2c(C)c(-c3cnc4c(c3)c(C)nn4C)nn2-c2ccccc2)[C@H](c2ccnc(F)c2)O1. The monoisotopic (exact) mass is 585 g/mol. The number of hydrogen-bond acceptors (Lipinski definition) is 8. The van der Waals surface area contributed by atoms with E-state index in [1.165, 1.54) is 12.3 Å². The van der Waals surface area contributed by atoms with Crippen molar-refractivity contribution in [2.24, 2.45) is 7.05 Å². The minimum atomic E-state index is -0.622. The first-order valence-corrected chi connectivity index (χ1v) is 13.9. The van der Waals surface area contributed by atoms with E-state index in [-0.39, 0.29) is 0 Å². The topological polar surface area (TPSA) is 124 Å².